The molecule has 0 saturated heterocycles. The van der Waals surface area contributed by atoms with Crippen LogP contribution < -0.4 is 0 Å². The Kier molecular flexibility index (Phi) is 6.00. The summed E-state index contributed by atoms with van der Waals surface area (Å²) in [7, 11) is -3.71. The van der Waals surface area contributed by atoms with Gasteiger partial charge in [-0.25, -0.2) is 0 Å². The molecule has 0 unspecified atom stereocenters. The smallest absolute Gasteiger partial charge is 0.0471 e. The molecule has 0 aliphatic rings. The molecule has 0 bridgehead atoms. The van der Waals surface area contributed by atoms with Gasteiger partial charge in [-0.2, -0.15) is 0 Å². The minimum atomic E-state index is -0.926. The minimum Gasteiger partial charge on any atom is -0.0696 e. The van der Waals surface area contributed by atoms with E-state index in [9.17, 15) is 0 Å². The summed E-state index contributed by atoms with van der Waals surface area (Å²) in [6.45, 7) is 32.3. The van der Waals surface area contributed by atoms with Crippen LogP contribution in [0.5, 0.6) is 0 Å². The summed E-state index contributed by atoms with van der Waals surface area (Å²) in [5.74, 6) is 0. The molecule has 0 rings (SSSR count). The van der Waals surface area contributed by atoms with Crippen molar-refractivity contribution >= 4 is 44.2 Å². The van der Waals surface area contributed by atoms with Crippen LogP contribution in [0.4, 0.5) is 0 Å². The summed E-state index contributed by atoms with van der Waals surface area (Å²) in [6, 6.07) is 0. The predicted octanol–water partition coefficient (Wildman–Crippen LogP) is 4.72. The maximum atomic E-state index is 2.70. The lowest BCUT2D eigenvalue weighted by Crippen LogP contribution is -2.68. The van der Waals surface area contributed by atoms with Gasteiger partial charge < -0.3 is 0 Å². The van der Waals surface area contributed by atoms with Gasteiger partial charge in [0, 0.05) is 30.4 Å². The Morgan fingerprint density at radius 1 is 0.333 bits per heavy atom. The SMILES string of the molecule is C[Si](C)(C)[Si](=[Si]([Si](C)(C)C)[Si](C)(C)C)[Si](C)(C)C. The molecule has 0 radical (unpaired) electrons. The molecule has 0 aliphatic carbocycles. The zero-order chi connectivity index (χ0) is 15.2. The molecule has 0 N–H and O–H groups in total. The quantitative estimate of drug-likeness (QED) is 0.645. The molecular weight excluding hydrogens is 313 g/mol. The fourth-order valence-corrected chi connectivity index (χ4v) is 182. The van der Waals surface area contributed by atoms with Crippen LogP contribution in [0.1, 0.15) is 0 Å². The molecule has 0 atom stereocenters. The molecule has 0 amide bonds. The van der Waals surface area contributed by atoms with E-state index in [2.05, 4.69) is 78.6 Å². The van der Waals surface area contributed by atoms with Crippen molar-refractivity contribution in [3.05, 3.63) is 0 Å². The van der Waals surface area contributed by atoms with Crippen LogP contribution in [0, 0.1) is 0 Å². The van der Waals surface area contributed by atoms with Crippen molar-refractivity contribution in [2.45, 2.75) is 78.6 Å². The third-order valence-electron chi connectivity index (χ3n) is 3.25. The van der Waals surface area contributed by atoms with Gasteiger partial charge in [-0.1, -0.05) is 78.6 Å². The highest BCUT2D eigenvalue weighted by molar-refractivity contribution is 7.82. The Morgan fingerprint density at radius 2 is 0.444 bits per heavy atom. The largest absolute Gasteiger partial charge is 0.0696 e. The topological polar surface area (TPSA) is 0 Å². The number of rotatable bonds is 4. The van der Waals surface area contributed by atoms with E-state index < -0.39 is 30.4 Å². The first-order chi connectivity index (χ1) is 7.49. The standard InChI is InChI=1S/C12H36Si6/c1-15(2,3)13(16(4,5)6)14(17(7,8)9)18(10,11)12/h1-12H3. The van der Waals surface area contributed by atoms with Crippen LogP contribution in [-0.2, 0) is 0 Å². The predicted molar refractivity (Wildman–Crippen MR) is 105 cm³/mol. The Morgan fingerprint density at radius 3 is 0.500 bits per heavy atom. The second kappa shape index (κ2) is 5.59. The molecule has 0 aromatic carbocycles. The molecule has 0 heterocycles. The summed E-state index contributed by atoms with van der Waals surface area (Å²) in [6.07, 6.45) is 0. The molecule has 0 spiro atoms. The number of hydrogen-bond acceptors (Lipinski definition) is 0. The van der Waals surface area contributed by atoms with Gasteiger partial charge in [-0.15, -0.1) is 0 Å². The van der Waals surface area contributed by atoms with E-state index in [1.54, 1.807) is 0 Å². The van der Waals surface area contributed by atoms with Gasteiger partial charge in [0.15, 0.2) is 0 Å². The van der Waals surface area contributed by atoms with Crippen molar-refractivity contribution in [1.82, 2.24) is 0 Å². The van der Waals surface area contributed by atoms with E-state index in [1.165, 1.54) is 0 Å². The highest BCUT2D eigenvalue weighted by Gasteiger charge is 2.42. The second-order valence-corrected chi connectivity index (χ2v) is 65.2. The molecule has 18 heavy (non-hydrogen) atoms. The number of hydrogen-bond donors (Lipinski definition) is 0. The maximum absolute atomic E-state index is 2.70. The van der Waals surface area contributed by atoms with Gasteiger partial charge >= 0.3 is 0 Å². The first-order valence-corrected chi connectivity index (χ1v) is 29.2. The van der Waals surface area contributed by atoms with Crippen molar-refractivity contribution in [3.63, 3.8) is 0 Å². The molecule has 6 heteroatoms. The fourth-order valence-electron chi connectivity index (χ4n) is 3.75. The molecule has 0 aromatic heterocycles. The van der Waals surface area contributed by atoms with Crippen molar-refractivity contribution in [2.24, 2.45) is 0 Å². The van der Waals surface area contributed by atoms with E-state index in [-0.39, 0.29) is 13.9 Å². The van der Waals surface area contributed by atoms with E-state index in [0.717, 1.165) is 0 Å². The molecule has 0 aromatic rings. The average molecular weight is 349 g/mol. The summed E-state index contributed by atoms with van der Waals surface area (Å²) in [4.78, 5) is 0. The van der Waals surface area contributed by atoms with Crippen LogP contribution in [0.25, 0.3) is 0 Å². The van der Waals surface area contributed by atoms with Gasteiger partial charge in [0.05, 0.1) is 0 Å². The lowest BCUT2D eigenvalue weighted by atomic mass is 11.8. The van der Waals surface area contributed by atoms with Gasteiger partial charge in [-0.3, -0.25) is 0 Å². The van der Waals surface area contributed by atoms with Gasteiger partial charge in [0.1, 0.15) is 0 Å². The second-order valence-electron chi connectivity index (χ2n) is 9.75. The zero-order valence-corrected chi connectivity index (χ0v) is 21.0. The van der Waals surface area contributed by atoms with Crippen LogP contribution in [0.3, 0.4) is 0 Å². The third-order valence-corrected chi connectivity index (χ3v) is 101. The molecule has 108 valence electrons. The summed E-state index contributed by atoms with van der Waals surface area (Å²) in [5, 5.41) is 0. The van der Waals surface area contributed by atoms with Gasteiger partial charge in [-0.05, 0) is 13.9 Å². The molecule has 0 fully saturated rings. The van der Waals surface area contributed by atoms with E-state index in [0.29, 0.717) is 0 Å². The Bertz CT molecular complexity index is 264. The van der Waals surface area contributed by atoms with Crippen molar-refractivity contribution in [2.75, 3.05) is 0 Å². The van der Waals surface area contributed by atoms with E-state index in [4.69, 9.17) is 0 Å². The van der Waals surface area contributed by atoms with Crippen LogP contribution in [0.15, 0.2) is 0 Å². The lowest BCUT2D eigenvalue weighted by Gasteiger charge is -2.42. The van der Waals surface area contributed by atoms with Crippen LogP contribution in [0.2, 0.25) is 78.6 Å². The summed E-state index contributed by atoms with van der Waals surface area (Å²) < 4.78 is 0. The van der Waals surface area contributed by atoms with Crippen molar-refractivity contribution in [1.29, 1.82) is 0 Å². The van der Waals surface area contributed by atoms with Crippen molar-refractivity contribution in [3.8, 4) is 0 Å². The highest BCUT2D eigenvalue weighted by Crippen LogP contribution is 2.21. The average Bonchev–Trinajstić information content (AvgIpc) is 1.89. The summed E-state index contributed by atoms with van der Waals surface area (Å²) >= 11 is 0. The molecule has 0 aliphatic heterocycles. The van der Waals surface area contributed by atoms with E-state index >= 15 is 0 Å². The van der Waals surface area contributed by atoms with Gasteiger partial charge in [0.25, 0.3) is 0 Å². The molecular formula is C12H36Si6. The van der Waals surface area contributed by atoms with E-state index in [1.807, 2.05) is 0 Å². The summed E-state index contributed by atoms with van der Waals surface area (Å²) in [5.41, 5.74) is 0. The Balaban J connectivity index is 6.44. The Hall–Kier alpha value is 1.30. The van der Waals surface area contributed by atoms with Gasteiger partial charge in [0.2, 0.25) is 0 Å². The lowest BCUT2D eigenvalue weighted by molar-refractivity contribution is 1.80. The first kappa shape index (κ1) is 19.3. The highest BCUT2D eigenvalue weighted by atomic mass is 30.0. The normalized spacial score (nSPS) is 14.7. The fraction of sp³-hybridized carbons (Fsp3) is 1.00. The minimum absolute atomic E-state index is 0.0257. The molecule has 0 saturated carbocycles. The zero-order valence-electron chi connectivity index (χ0n) is 15.0. The third kappa shape index (κ3) is 5.35. The monoisotopic (exact) mass is 348 g/mol. The molecule has 0 nitrogen and oxygen atoms in total. The van der Waals surface area contributed by atoms with Crippen LogP contribution in [-0.4, -0.2) is 44.2 Å². The Labute approximate surface area is 122 Å². The van der Waals surface area contributed by atoms with Crippen LogP contribution >= 0.6 is 0 Å². The first-order valence-electron chi connectivity index (χ1n) is 7.25. The van der Waals surface area contributed by atoms with Crippen molar-refractivity contribution < 1.29 is 0 Å². The maximum Gasteiger partial charge on any atom is 0.0471 e.